The first kappa shape index (κ1) is 13.1. The van der Waals surface area contributed by atoms with E-state index < -0.39 is 5.97 Å². The van der Waals surface area contributed by atoms with E-state index in [1.807, 2.05) is 18.7 Å². The number of nitrogens with zero attached hydrogens (tertiary/aromatic N) is 2. The van der Waals surface area contributed by atoms with Crippen LogP contribution in [0.25, 0.3) is 11.1 Å². The molecule has 1 N–H and O–H groups in total. The van der Waals surface area contributed by atoms with Gasteiger partial charge in [-0.2, -0.15) is 4.98 Å². The lowest BCUT2D eigenvalue weighted by molar-refractivity contribution is 0.0697. The van der Waals surface area contributed by atoms with Crippen LogP contribution in [-0.2, 0) is 0 Å². The number of oxazole rings is 1. The van der Waals surface area contributed by atoms with Gasteiger partial charge in [-0.05, 0) is 32.0 Å². The second-order valence-corrected chi connectivity index (χ2v) is 4.46. The average molecular weight is 260 g/mol. The van der Waals surface area contributed by atoms with Gasteiger partial charge in [0.05, 0.1) is 5.56 Å². The van der Waals surface area contributed by atoms with E-state index in [2.05, 4.69) is 11.6 Å². The maximum atomic E-state index is 10.9. The maximum absolute atomic E-state index is 10.9. The molecule has 1 aromatic carbocycles. The Labute approximate surface area is 111 Å². The molecule has 0 atom stereocenters. The molecule has 0 aliphatic rings. The third-order valence-electron chi connectivity index (χ3n) is 2.74. The van der Waals surface area contributed by atoms with Crippen molar-refractivity contribution in [1.29, 1.82) is 0 Å². The van der Waals surface area contributed by atoms with Crippen LogP contribution in [0.1, 0.15) is 24.2 Å². The van der Waals surface area contributed by atoms with Crippen molar-refractivity contribution in [1.82, 2.24) is 4.98 Å². The van der Waals surface area contributed by atoms with Crippen molar-refractivity contribution in [2.24, 2.45) is 0 Å². The standard InChI is InChI=1S/C14H16N2O3/c1-4-16(8-9(2)3)14-15-11-6-5-10(13(17)18)7-12(11)19-14/h5-7H,2,4,8H2,1,3H3,(H,17,18). The lowest BCUT2D eigenvalue weighted by atomic mass is 10.2. The molecule has 2 rings (SSSR count). The molecule has 19 heavy (non-hydrogen) atoms. The molecule has 1 heterocycles. The molecule has 0 unspecified atom stereocenters. The van der Waals surface area contributed by atoms with Gasteiger partial charge in [-0.15, -0.1) is 0 Å². The van der Waals surface area contributed by atoms with Gasteiger partial charge in [-0.1, -0.05) is 12.2 Å². The smallest absolute Gasteiger partial charge is 0.335 e. The van der Waals surface area contributed by atoms with Crippen LogP contribution in [0.5, 0.6) is 0 Å². The van der Waals surface area contributed by atoms with Crippen molar-refractivity contribution in [3.63, 3.8) is 0 Å². The van der Waals surface area contributed by atoms with Crippen LogP contribution in [0.4, 0.5) is 6.01 Å². The predicted molar refractivity (Wildman–Crippen MR) is 73.7 cm³/mol. The van der Waals surface area contributed by atoms with Crippen LogP contribution in [-0.4, -0.2) is 29.1 Å². The minimum absolute atomic E-state index is 0.193. The van der Waals surface area contributed by atoms with E-state index in [0.29, 0.717) is 23.7 Å². The molecule has 0 aliphatic heterocycles. The Morgan fingerprint density at radius 3 is 2.84 bits per heavy atom. The lowest BCUT2D eigenvalue weighted by Crippen LogP contribution is -2.24. The highest BCUT2D eigenvalue weighted by atomic mass is 16.4. The quantitative estimate of drug-likeness (QED) is 0.837. The summed E-state index contributed by atoms with van der Waals surface area (Å²) in [4.78, 5) is 17.2. The first-order chi connectivity index (χ1) is 9.01. The third kappa shape index (κ3) is 2.76. The number of carboxylic acid groups (broad SMARTS) is 1. The fraction of sp³-hybridized carbons (Fsp3) is 0.286. The van der Waals surface area contributed by atoms with E-state index in [1.54, 1.807) is 6.07 Å². The van der Waals surface area contributed by atoms with E-state index in [1.165, 1.54) is 12.1 Å². The fourth-order valence-electron chi connectivity index (χ4n) is 1.82. The largest absolute Gasteiger partial charge is 0.478 e. The summed E-state index contributed by atoms with van der Waals surface area (Å²) < 4.78 is 5.62. The average Bonchev–Trinajstić information content (AvgIpc) is 2.77. The van der Waals surface area contributed by atoms with Gasteiger partial charge >= 0.3 is 5.97 Å². The van der Waals surface area contributed by atoms with Crippen molar-refractivity contribution in [3.8, 4) is 0 Å². The highest BCUT2D eigenvalue weighted by Gasteiger charge is 2.14. The number of rotatable bonds is 5. The summed E-state index contributed by atoms with van der Waals surface area (Å²) in [5.41, 5.74) is 2.34. The zero-order valence-electron chi connectivity index (χ0n) is 11.0. The summed E-state index contributed by atoms with van der Waals surface area (Å²) in [6.45, 7) is 9.21. The van der Waals surface area contributed by atoms with E-state index in [0.717, 1.165) is 12.1 Å². The summed E-state index contributed by atoms with van der Waals surface area (Å²) in [7, 11) is 0. The highest BCUT2D eigenvalue weighted by Crippen LogP contribution is 2.23. The van der Waals surface area contributed by atoms with Gasteiger partial charge in [-0.25, -0.2) is 4.79 Å². The van der Waals surface area contributed by atoms with Gasteiger partial charge in [0.2, 0.25) is 0 Å². The van der Waals surface area contributed by atoms with Crippen LogP contribution in [0.3, 0.4) is 0 Å². The Bertz CT molecular complexity index is 631. The number of fused-ring (bicyclic) bond motifs is 1. The van der Waals surface area contributed by atoms with Crippen molar-refractivity contribution < 1.29 is 14.3 Å². The molecule has 5 nitrogen and oxygen atoms in total. The van der Waals surface area contributed by atoms with Crippen molar-refractivity contribution in [3.05, 3.63) is 35.9 Å². The van der Waals surface area contributed by atoms with Crippen molar-refractivity contribution >= 4 is 23.1 Å². The summed E-state index contributed by atoms with van der Waals surface area (Å²) in [6, 6.07) is 5.15. The SMILES string of the molecule is C=C(C)CN(CC)c1nc2ccc(C(=O)O)cc2o1. The third-order valence-corrected chi connectivity index (χ3v) is 2.74. The first-order valence-electron chi connectivity index (χ1n) is 6.04. The molecule has 0 amide bonds. The Balaban J connectivity index is 2.39. The van der Waals surface area contributed by atoms with Crippen LogP contribution < -0.4 is 4.90 Å². The minimum Gasteiger partial charge on any atom is -0.478 e. The molecule has 0 radical (unpaired) electrons. The molecule has 0 fully saturated rings. The Morgan fingerprint density at radius 1 is 1.53 bits per heavy atom. The molecule has 0 bridgehead atoms. The number of aromatic carboxylic acids is 1. The number of carbonyl (C=O) groups is 1. The van der Waals surface area contributed by atoms with E-state index in [4.69, 9.17) is 9.52 Å². The molecule has 0 aliphatic carbocycles. The second-order valence-electron chi connectivity index (χ2n) is 4.46. The number of aromatic nitrogens is 1. The van der Waals surface area contributed by atoms with Crippen LogP contribution in [0.15, 0.2) is 34.8 Å². The normalized spacial score (nSPS) is 10.6. The van der Waals surface area contributed by atoms with Crippen molar-refractivity contribution in [2.75, 3.05) is 18.0 Å². The zero-order valence-corrected chi connectivity index (χ0v) is 11.0. The zero-order chi connectivity index (χ0) is 14.0. The van der Waals surface area contributed by atoms with Gasteiger partial charge in [0.1, 0.15) is 5.52 Å². The Hall–Kier alpha value is -2.30. The number of hydrogen-bond acceptors (Lipinski definition) is 4. The second kappa shape index (κ2) is 5.14. The highest BCUT2D eigenvalue weighted by molar-refractivity contribution is 5.92. The van der Waals surface area contributed by atoms with Gasteiger partial charge in [-0.3, -0.25) is 0 Å². The van der Waals surface area contributed by atoms with Crippen molar-refractivity contribution in [2.45, 2.75) is 13.8 Å². The number of likely N-dealkylation sites (N-methyl/N-ethyl adjacent to an activating group) is 1. The molecular formula is C14H16N2O3. The number of anilines is 1. The molecule has 0 saturated heterocycles. The number of benzene rings is 1. The molecule has 0 spiro atoms. The molecule has 0 saturated carbocycles. The molecule has 2 aromatic rings. The lowest BCUT2D eigenvalue weighted by Gasteiger charge is -2.17. The molecule has 100 valence electrons. The van der Waals surface area contributed by atoms with Crippen LogP contribution in [0, 0.1) is 0 Å². The Morgan fingerprint density at radius 2 is 2.26 bits per heavy atom. The molecule has 5 heteroatoms. The number of hydrogen-bond donors (Lipinski definition) is 1. The Kier molecular flexibility index (Phi) is 3.55. The number of carboxylic acids is 1. The molecule has 1 aromatic heterocycles. The van der Waals surface area contributed by atoms with Gasteiger partial charge < -0.3 is 14.4 Å². The summed E-state index contributed by atoms with van der Waals surface area (Å²) in [6.07, 6.45) is 0. The van der Waals surface area contributed by atoms with Crippen LogP contribution in [0.2, 0.25) is 0 Å². The van der Waals surface area contributed by atoms with Gasteiger partial charge in [0.25, 0.3) is 6.01 Å². The summed E-state index contributed by atoms with van der Waals surface area (Å²) in [5.74, 6) is -0.978. The van der Waals surface area contributed by atoms with Crippen LogP contribution >= 0.6 is 0 Å². The van der Waals surface area contributed by atoms with E-state index in [-0.39, 0.29) is 5.56 Å². The summed E-state index contributed by atoms with van der Waals surface area (Å²) >= 11 is 0. The topological polar surface area (TPSA) is 66.6 Å². The fourth-order valence-corrected chi connectivity index (χ4v) is 1.82. The summed E-state index contributed by atoms with van der Waals surface area (Å²) in [5, 5.41) is 8.94. The first-order valence-corrected chi connectivity index (χ1v) is 6.04. The van der Waals surface area contributed by atoms with Gasteiger partial charge in [0, 0.05) is 13.1 Å². The maximum Gasteiger partial charge on any atom is 0.335 e. The predicted octanol–water partition coefficient (Wildman–Crippen LogP) is 2.93. The van der Waals surface area contributed by atoms with E-state index in [9.17, 15) is 4.79 Å². The molecular weight excluding hydrogens is 244 g/mol. The minimum atomic E-state index is -0.978. The van der Waals surface area contributed by atoms with Gasteiger partial charge in [0.15, 0.2) is 5.58 Å². The van der Waals surface area contributed by atoms with E-state index >= 15 is 0 Å². The monoisotopic (exact) mass is 260 g/mol.